The molecule has 202 valence electrons. The molecule has 6 nitrogen and oxygen atoms in total. The Hall–Kier alpha value is -4.32. The summed E-state index contributed by atoms with van der Waals surface area (Å²) in [5.74, 6) is 0.864. The fraction of sp³-hybridized carbons (Fsp3) is 0.273. The van der Waals surface area contributed by atoms with Gasteiger partial charge < -0.3 is 19.7 Å². The molecule has 0 saturated carbocycles. The van der Waals surface area contributed by atoms with Gasteiger partial charge in [-0.25, -0.2) is 0 Å². The minimum absolute atomic E-state index is 0.0172. The van der Waals surface area contributed by atoms with Crippen molar-refractivity contribution in [1.82, 2.24) is 10.2 Å². The zero-order valence-electron chi connectivity index (χ0n) is 22.8. The van der Waals surface area contributed by atoms with Gasteiger partial charge in [-0.15, -0.1) is 0 Å². The zero-order chi connectivity index (χ0) is 27.6. The van der Waals surface area contributed by atoms with E-state index in [4.69, 9.17) is 9.47 Å². The highest BCUT2D eigenvalue weighted by Gasteiger charge is 2.31. The third-order valence-corrected chi connectivity index (χ3v) is 6.86. The quantitative estimate of drug-likeness (QED) is 0.255. The van der Waals surface area contributed by atoms with Crippen LogP contribution in [0.5, 0.6) is 11.5 Å². The van der Waals surface area contributed by atoms with Crippen molar-refractivity contribution < 1.29 is 19.1 Å². The topological polar surface area (TPSA) is 67.9 Å². The molecule has 39 heavy (non-hydrogen) atoms. The third kappa shape index (κ3) is 7.38. The van der Waals surface area contributed by atoms with Gasteiger partial charge in [0.15, 0.2) is 6.61 Å². The van der Waals surface area contributed by atoms with Crippen molar-refractivity contribution in [2.75, 3.05) is 13.7 Å². The van der Waals surface area contributed by atoms with Crippen molar-refractivity contribution in [3.8, 4) is 11.5 Å². The normalized spacial score (nSPS) is 12.4. The van der Waals surface area contributed by atoms with Gasteiger partial charge in [-0.05, 0) is 48.1 Å². The molecule has 0 bridgehead atoms. The Balaban J connectivity index is 1.66. The van der Waals surface area contributed by atoms with Gasteiger partial charge in [-0.3, -0.25) is 9.59 Å². The third-order valence-electron chi connectivity index (χ3n) is 6.86. The second kappa shape index (κ2) is 13.5. The Morgan fingerprint density at radius 2 is 1.56 bits per heavy atom. The van der Waals surface area contributed by atoms with Crippen LogP contribution in [0.1, 0.15) is 31.4 Å². The van der Waals surface area contributed by atoms with Gasteiger partial charge in [0.2, 0.25) is 5.91 Å². The number of methoxy groups -OCH3 is 1. The summed E-state index contributed by atoms with van der Waals surface area (Å²) in [7, 11) is 1.61. The molecular formula is C33H36N2O4. The molecule has 4 aromatic rings. The molecule has 0 radical (unpaired) electrons. The Bertz CT molecular complexity index is 1380. The van der Waals surface area contributed by atoms with E-state index in [1.165, 1.54) is 0 Å². The molecule has 0 saturated heterocycles. The number of ether oxygens (including phenoxy) is 2. The average Bonchev–Trinajstić information content (AvgIpc) is 2.98. The molecule has 4 rings (SSSR count). The summed E-state index contributed by atoms with van der Waals surface area (Å²) >= 11 is 0. The molecule has 0 aliphatic rings. The first-order valence-corrected chi connectivity index (χ1v) is 13.4. The van der Waals surface area contributed by atoms with Crippen LogP contribution in [0.2, 0.25) is 0 Å². The lowest BCUT2D eigenvalue weighted by Crippen LogP contribution is -2.53. The molecule has 1 N–H and O–H groups in total. The van der Waals surface area contributed by atoms with Crippen molar-refractivity contribution >= 4 is 22.6 Å². The first kappa shape index (κ1) is 27.7. The zero-order valence-corrected chi connectivity index (χ0v) is 22.8. The van der Waals surface area contributed by atoms with E-state index in [-0.39, 0.29) is 31.0 Å². The second-order valence-electron chi connectivity index (χ2n) is 9.66. The van der Waals surface area contributed by atoms with Crippen molar-refractivity contribution in [1.29, 1.82) is 0 Å². The fourth-order valence-corrected chi connectivity index (χ4v) is 4.51. The highest BCUT2D eigenvalue weighted by Crippen LogP contribution is 2.26. The lowest BCUT2D eigenvalue weighted by molar-refractivity contribution is -0.143. The van der Waals surface area contributed by atoms with Crippen LogP contribution in [-0.2, 0) is 22.6 Å². The molecule has 0 heterocycles. The predicted molar refractivity (Wildman–Crippen MR) is 155 cm³/mol. The number of fused-ring (bicyclic) bond motifs is 1. The summed E-state index contributed by atoms with van der Waals surface area (Å²) in [4.78, 5) is 29.2. The monoisotopic (exact) mass is 524 g/mol. The Labute approximate surface area is 230 Å². The van der Waals surface area contributed by atoms with Crippen LogP contribution < -0.4 is 14.8 Å². The van der Waals surface area contributed by atoms with Crippen LogP contribution in [0.25, 0.3) is 10.8 Å². The maximum atomic E-state index is 13.9. The van der Waals surface area contributed by atoms with Crippen molar-refractivity contribution in [2.24, 2.45) is 0 Å². The smallest absolute Gasteiger partial charge is 0.261 e. The highest BCUT2D eigenvalue weighted by atomic mass is 16.5. The van der Waals surface area contributed by atoms with Crippen LogP contribution in [0.15, 0.2) is 97.1 Å². The first-order chi connectivity index (χ1) is 19.0. The summed E-state index contributed by atoms with van der Waals surface area (Å²) in [6, 6.07) is 30.3. The number of amides is 2. The minimum atomic E-state index is -0.726. The maximum absolute atomic E-state index is 13.9. The molecule has 0 aliphatic heterocycles. The largest absolute Gasteiger partial charge is 0.497 e. The SMILES string of the molecule is CC[C@H](C)NC(=O)[C@@H](Cc1ccccc1)N(Cc1cccc(OC)c1)C(=O)COc1cccc2ccccc12. The number of hydrogen-bond acceptors (Lipinski definition) is 4. The van der Waals surface area contributed by atoms with Gasteiger partial charge in [0.1, 0.15) is 17.5 Å². The van der Waals surface area contributed by atoms with Gasteiger partial charge in [0, 0.05) is 24.4 Å². The fourth-order valence-electron chi connectivity index (χ4n) is 4.51. The number of carbonyl (C=O) groups excluding carboxylic acids is 2. The molecular weight excluding hydrogens is 488 g/mol. The molecule has 6 heteroatoms. The van der Waals surface area contributed by atoms with Crippen molar-refractivity contribution in [2.45, 2.75) is 45.3 Å². The van der Waals surface area contributed by atoms with Gasteiger partial charge in [-0.2, -0.15) is 0 Å². The van der Waals surface area contributed by atoms with Gasteiger partial charge in [0.25, 0.3) is 5.91 Å². The van der Waals surface area contributed by atoms with Gasteiger partial charge in [0.05, 0.1) is 7.11 Å². The number of benzene rings is 4. The predicted octanol–water partition coefficient (Wildman–Crippen LogP) is 5.78. The van der Waals surface area contributed by atoms with Crippen LogP contribution in [0.3, 0.4) is 0 Å². The van der Waals surface area contributed by atoms with E-state index in [9.17, 15) is 9.59 Å². The van der Waals surface area contributed by atoms with Crippen LogP contribution in [-0.4, -0.2) is 42.5 Å². The summed E-state index contributed by atoms with van der Waals surface area (Å²) in [5.41, 5.74) is 1.84. The summed E-state index contributed by atoms with van der Waals surface area (Å²) < 4.78 is 11.5. The van der Waals surface area contributed by atoms with E-state index in [2.05, 4.69) is 5.32 Å². The van der Waals surface area contributed by atoms with Gasteiger partial charge >= 0.3 is 0 Å². The molecule has 2 atom stereocenters. The van der Waals surface area contributed by atoms with E-state index >= 15 is 0 Å². The molecule has 2 amide bonds. The van der Waals surface area contributed by atoms with Crippen LogP contribution in [0.4, 0.5) is 0 Å². The highest BCUT2D eigenvalue weighted by molar-refractivity contribution is 5.90. The number of nitrogens with zero attached hydrogens (tertiary/aromatic N) is 1. The van der Waals surface area contributed by atoms with E-state index in [0.29, 0.717) is 17.9 Å². The van der Waals surface area contributed by atoms with E-state index in [1.807, 2.05) is 111 Å². The molecule has 0 aliphatic carbocycles. The van der Waals surface area contributed by atoms with Crippen molar-refractivity contribution in [3.63, 3.8) is 0 Å². The molecule has 0 spiro atoms. The Kier molecular flexibility index (Phi) is 9.57. The number of nitrogens with one attached hydrogen (secondary N) is 1. The molecule has 4 aromatic carbocycles. The molecule has 0 aromatic heterocycles. The number of rotatable bonds is 12. The maximum Gasteiger partial charge on any atom is 0.261 e. The van der Waals surface area contributed by atoms with E-state index in [0.717, 1.165) is 28.3 Å². The second-order valence-corrected chi connectivity index (χ2v) is 9.66. The van der Waals surface area contributed by atoms with Crippen LogP contribution in [0, 0.1) is 0 Å². The van der Waals surface area contributed by atoms with Gasteiger partial charge in [-0.1, -0.05) is 85.8 Å². The summed E-state index contributed by atoms with van der Waals surface area (Å²) in [6.07, 6.45) is 1.17. The van der Waals surface area contributed by atoms with E-state index < -0.39 is 6.04 Å². The Morgan fingerprint density at radius 3 is 2.33 bits per heavy atom. The lowest BCUT2D eigenvalue weighted by Gasteiger charge is -2.32. The Morgan fingerprint density at radius 1 is 0.872 bits per heavy atom. The number of hydrogen-bond donors (Lipinski definition) is 1. The van der Waals surface area contributed by atoms with Crippen molar-refractivity contribution in [3.05, 3.63) is 108 Å². The molecule has 0 fully saturated rings. The average molecular weight is 525 g/mol. The summed E-state index contributed by atoms with van der Waals surface area (Å²) in [6.45, 7) is 4.03. The molecule has 0 unspecified atom stereocenters. The number of carbonyl (C=O) groups is 2. The summed E-state index contributed by atoms with van der Waals surface area (Å²) in [5, 5.41) is 5.06. The van der Waals surface area contributed by atoms with Crippen LogP contribution >= 0.6 is 0 Å². The lowest BCUT2D eigenvalue weighted by atomic mass is 10.0. The standard InChI is InChI=1S/C33H36N2O4/c1-4-24(2)34-33(37)30(21-25-12-6-5-7-13-25)35(22-26-14-10-17-28(20-26)38-3)32(36)23-39-31-19-11-16-27-15-8-9-18-29(27)31/h5-20,24,30H,4,21-23H2,1-3H3,(H,34,37)/t24-,30+/m0/s1. The first-order valence-electron chi connectivity index (χ1n) is 13.4. The minimum Gasteiger partial charge on any atom is -0.497 e. The van der Waals surface area contributed by atoms with E-state index in [1.54, 1.807) is 12.0 Å².